The van der Waals surface area contributed by atoms with Gasteiger partial charge in [-0.2, -0.15) is 0 Å². The number of aromatic nitrogens is 2. The molecule has 2 N–H and O–H groups in total. The number of anilines is 1. The van der Waals surface area contributed by atoms with Gasteiger partial charge >= 0.3 is 0 Å². The van der Waals surface area contributed by atoms with E-state index in [0.717, 1.165) is 29.6 Å². The molecular weight excluding hydrogens is 378 g/mol. The van der Waals surface area contributed by atoms with Crippen LogP contribution in [0.1, 0.15) is 40.5 Å². The first-order valence-corrected chi connectivity index (χ1v) is 10.5. The van der Waals surface area contributed by atoms with Crippen LogP contribution in [-0.4, -0.2) is 36.3 Å². The molecule has 3 rings (SSSR count). The lowest BCUT2D eigenvalue weighted by molar-refractivity contribution is 0.145. The Morgan fingerprint density at radius 3 is 2.67 bits per heavy atom. The molecule has 0 amide bonds. The van der Waals surface area contributed by atoms with E-state index in [2.05, 4.69) is 43.0 Å². The fraction of sp³-hybridized carbons (Fsp3) is 0.458. The van der Waals surface area contributed by atoms with Gasteiger partial charge in [0.2, 0.25) is 0 Å². The maximum Gasteiger partial charge on any atom is 0.170 e. The van der Waals surface area contributed by atoms with Crippen molar-refractivity contribution in [2.45, 2.75) is 46.6 Å². The SMILES string of the molecule is CCCC(Nc1cc(Oc2cc3cc[nH]c3cc2OCCOC)ccn1)C(C)(C)C. The third-order valence-electron chi connectivity index (χ3n) is 5.07. The van der Waals surface area contributed by atoms with Crippen molar-refractivity contribution >= 4 is 16.7 Å². The summed E-state index contributed by atoms with van der Waals surface area (Å²) < 4.78 is 17.2. The topological polar surface area (TPSA) is 68.4 Å². The molecule has 0 aliphatic heterocycles. The minimum absolute atomic E-state index is 0.135. The van der Waals surface area contributed by atoms with Crippen molar-refractivity contribution in [2.75, 3.05) is 25.6 Å². The van der Waals surface area contributed by atoms with Gasteiger partial charge in [0, 0.05) is 48.6 Å². The lowest BCUT2D eigenvalue weighted by Gasteiger charge is -2.31. The number of rotatable bonds is 10. The predicted molar refractivity (Wildman–Crippen MR) is 122 cm³/mol. The van der Waals surface area contributed by atoms with E-state index < -0.39 is 0 Å². The van der Waals surface area contributed by atoms with Crippen molar-refractivity contribution < 1.29 is 14.2 Å². The van der Waals surface area contributed by atoms with Crippen molar-refractivity contribution in [2.24, 2.45) is 5.41 Å². The maximum absolute atomic E-state index is 6.23. The number of H-pyrrole nitrogens is 1. The van der Waals surface area contributed by atoms with Crippen LogP contribution in [0, 0.1) is 5.41 Å². The van der Waals surface area contributed by atoms with Gasteiger partial charge in [0.1, 0.15) is 18.2 Å². The summed E-state index contributed by atoms with van der Waals surface area (Å²) in [6.07, 6.45) is 5.87. The van der Waals surface area contributed by atoms with Gasteiger partial charge in [0.15, 0.2) is 11.5 Å². The van der Waals surface area contributed by atoms with Crippen LogP contribution in [0.3, 0.4) is 0 Å². The second-order valence-corrected chi connectivity index (χ2v) is 8.54. The Morgan fingerprint density at radius 2 is 1.93 bits per heavy atom. The first-order chi connectivity index (χ1) is 14.4. The average Bonchev–Trinajstić information content (AvgIpc) is 3.15. The average molecular weight is 412 g/mol. The van der Waals surface area contributed by atoms with Crippen LogP contribution < -0.4 is 14.8 Å². The summed E-state index contributed by atoms with van der Waals surface area (Å²) in [5.41, 5.74) is 1.13. The van der Waals surface area contributed by atoms with E-state index in [1.165, 1.54) is 0 Å². The number of hydrogen-bond acceptors (Lipinski definition) is 5. The lowest BCUT2D eigenvalue weighted by atomic mass is 9.84. The Morgan fingerprint density at radius 1 is 1.10 bits per heavy atom. The van der Waals surface area contributed by atoms with E-state index in [0.29, 0.717) is 36.5 Å². The summed E-state index contributed by atoms with van der Waals surface area (Å²) in [7, 11) is 1.66. The normalized spacial score (nSPS) is 12.7. The quantitative estimate of drug-likeness (QED) is 0.400. The molecule has 162 valence electrons. The fourth-order valence-corrected chi connectivity index (χ4v) is 3.36. The molecule has 0 radical (unpaired) electrons. The third kappa shape index (κ3) is 5.66. The number of hydrogen-bond donors (Lipinski definition) is 2. The number of nitrogens with one attached hydrogen (secondary N) is 2. The highest BCUT2D eigenvalue weighted by Crippen LogP contribution is 2.36. The predicted octanol–water partition coefficient (Wildman–Crippen LogP) is 6.01. The molecule has 0 saturated heterocycles. The smallest absolute Gasteiger partial charge is 0.170 e. The minimum atomic E-state index is 0.135. The van der Waals surface area contributed by atoms with E-state index in [1.54, 1.807) is 13.3 Å². The maximum atomic E-state index is 6.23. The summed E-state index contributed by atoms with van der Waals surface area (Å²) in [4.78, 5) is 7.71. The lowest BCUT2D eigenvalue weighted by Crippen LogP contribution is -2.34. The summed E-state index contributed by atoms with van der Waals surface area (Å²) in [6, 6.07) is 10.1. The number of benzene rings is 1. The molecule has 0 aliphatic rings. The summed E-state index contributed by atoms with van der Waals surface area (Å²) in [5.74, 6) is 2.86. The van der Waals surface area contributed by atoms with Crippen LogP contribution in [0.4, 0.5) is 5.82 Å². The molecule has 6 heteroatoms. The number of methoxy groups -OCH3 is 1. The highest BCUT2D eigenvalue weighted by molar-refractivity contribution is 5.83. The van der Waals surface area contributed by atoms with Crippen molar-refractivity contribution in [1.82, 2.24) is 9.97 Å². The number of nitrogens with zero attached hydrogens (tertiary/aromatic N) is 1. The Labute approximate surface area is 179 Å². The summed E-state index contributed by atoms with van der Waals surface area (Å²) in [6.45, 7) is 9.91. The van der Waals surface area contributed by atoms with Crippen LogP contribution >= 0.6 is 0 Å². The Hall–Kier alpha value is -2.73. The second-order valence-electron chi connectivity index (χ2n) is 8.54. The third-order valence-corrected chi connectivity index (χ3v) is 5.07. The van der Waals surface area contributed by atoms with Crippen LogP contribution in [0.25, 0.3) is 10.9 Å². The molecular formula is C24H33N3O3. The first kappa shape index (κ1) is 22.0. The largest absolute Gasteiger partial charge is 0.487 e. The van der Waals surface area contributed by atoms with Crippen LogP contribution in [-0.2, 0) is 4.74 Å². The van der Waals surface area contributed by atoms with Gasteiger partial charge in [-0.15, -0.1) is 0 Å². The molecule has 2 aromatic heterocycles. The first-order valence-electron chi connectivity index (χ1n) is 10.5. The van der Waals surface area contributed by atoms with Gasteiger partial charge in [0.25, 0.3) is 0 Å². The minimum Gasteiger partial charge on any atom is -0.487 e. The molecule has 6 nitrogen and oxygen atoms in total. The number of pyridine rings is 1. The van der Waals surface area contributed by atoms with E-state index in [9.17, 15) is 0 Å². The van der Waals surface area contributed by atoms with Crippen LogP contribution in [0.2, 0.25) is 0 Å². The van der Waals surface area contributed by atoms with E-state index >= 15 is 0 Å². The van der Waals surface area contributed by atoms with Gasteiger partial charge < -0.3 is 24.5 Å². The van der Waals surface area contributed by atoms with Crippen LogP contribution in [0.5, 0.6) is 17.2 Å². The molecule has 0 spiro atoms. The Bertz CT molecular complexity index is 946. The molecule has 1 atom stereocenters. The zero-order chi connectivity index (χ0) is 21.6. The zero-order valence-corrected chi connectivity index (χ0v) is 18.6. The zero-order valence-electron chi connectivity index (χ0n) is 18.6. The highest BCUT2D eigenvalue weighted by Gasteiger charge is 2.24. The molecule has 0 bridgehead atoms. The molecule has 0 saturated carbocycles. The molecule has 0 fully saturated rings. The monoisotopic (exact) mass is 411 g/mol. The van der Waals surface area contributed by atoms with Crippen LogP contribution in [0.15, 0.2) is 42.7 Å². The van der Waals surface area contributed by atoms with Crippen molar-refractivity contribution in [3.05, 3.63) is 42.7 Å². The summed E-state index contributed by atoms with van der Waals surface area (Å²) >= 11 is 0. The molecule has 1 aromatic carbocycles. The fourth-order valence-electron chi connectivity index (χ4n) is 3.36. The van der Waals surface area contributed by atoms with E-state index in [1.807, 2.05) is 36.5 Å². The van der Waals surface area contributed by atoms with Gasteiger partial charge in [-0.3, -0.25) is 0 Å². The Kier molecular flexibility index (Phi) is 7.21. The number of fused-ring (bicyclic) bond motifs is 1. The van der Waals surface area contributed by atoms with Gasteiger partial charge in [-0.25, -0.2) is 4.98 Å². The highest BCUT2D eigenvalue weighted by atomic mass is 16.5. The molecule has 0 aliphatic carbocycles. The molecule has 3 aromatic rings. The van der Waals surface area contributed by atoms with Crippen molar-refractivity contribution in [3.63, 3.8) is 0 Å². The van der Waals surface area contributed by atoms with E-state index in [4.69, 9.17) is 14.2 Å². The Balaban J connectivity index is 1.82. The second kappa shape index (κ2) is 9.85. The molecule has 1 unspecified atom stereocenters. The van der Waals surface area contributed by atoms with Gasteiger partial charge in [0.05, 0.1) is 6.61 Å². The number of aromatic amines is 1. The summed E-state index contributed by atoms with van der Waals surface area (Å²) in [5, 5.41) is 4.65. The standard InChI is InChI=1S/C24H33N3O3/c1-6-7-22(24(2,3)4)27-23-15-18(9-11-26-23)30-21-14-17-8-10-25-19(17)16-20(21)29-13-12-28-5/h8-11,14-16,22,25H,6-7,12-13H2,1-5H3,(H,26,27). The molecule has 30 heavy (non-hydrogen) atoms. The molecule has 2 heterocycles. The number of ether oxygens (including phenoxy) is 3. The van der Waals surface area contributed by atoms with E-state index in [-0.39, 0.29) is 5.41 Å². The van der Waals surface area contributed by atoms with Crippen molar-refractivity contribution in [3.8, 4) is 17.2 Å². The van der Waals surface area contributed by atoms with Gasteiger partial charge in [-0.1, -0.05) is 34.1 Å². The van der Waals surface area contributed by atoms with Gasteiger partial charge in [-0.05, 0) is 30.0 Å². The van der Waals surface area contributed by atoms with Crippen molar-refractivity contribution in [1.29, 1.82) is 0 Å².